The van der Waals surface area contributed by atoms with Gasteiger partial charge in [-0.25, -0.2) is 0 Å². The Labute approximate surface area is 112 Å². The van der Waals surface area contributed by atoms with E-state index in [1.54, 1.807) is 13.8 Å². The molecule has 1 atom stereocenters. The number of aliphatic carboxylic acids is 1. The molecule has 1 amide bonds. The fourth-order valence-electron chi connectivity index (χ4n) is 1.95. The number of carbonyl (C=O) groups is 2. The second-order valence-corrected chi connectivity index (χ2v) is 5.39. The third-order valence-corrected chi connectivity index (χ3v) is 3.08. The number of nitrogens with zero attached hydrogens (tertiary/aromatic N) is 1. The van der Waals surface area contributed by atoms with Gasteiger partial charge in [-0.05, 0) is 34.6 Å². The molecular formula is C13H20N2O4. The lowest BCUT2D eigenvalue weighted by molar-refractivity contribution is -0.149. The molecule has 0 bridgehead atoms. The fourth-order valence-corrected chi connectivity index (χ4v) is 1.95. The molecule has 0 saturated carbocycles. The second kappa shape index (κ2) is 5.42. The van der Waals surface area contributed by atoms with Gasteiger partial charge in [-0.1, -0.05) is 5.16 Å². The predicted octanol–water partition coefficient (Wildman–Crippen LogP) is 1.97. The van der Waals surface area contributed by atoms with Gasteiger partial charge >= 0.3 is 5.97 Å². The van der Waals surface area contributed by atoms with E-state index in [2.05, 4.69) is 10.5 Å². The molecule has 6 nitrogen and oxygen atoms in total. The summed E-state index contributed by atoms with van der Waals surface area (Å²) >= 11 is 0. The number of hydrogen-bond acceptors (Lipinski definition) is 4. The van der Waals surface area contributed by atoms with Crippen molar-refractivity contribution in [3.8, 4) is 0 Å². The average molecular weight is 268 g/mol. The van der Waals surface area contributed by atoms with Crippen LogP contribution >= 0.6 is 0 Å². The number of aryl methyl sites for hydroxylation is 2. The molecule has 1 unspecified atom stereocenters. The Kier molecular flexibility index (Phi) is 4.34. The van der Waals surface area contributed by atoms with E-state index in [1.807, 2.05) is 6.92 Å². The molecular weight excluding hydrogens is 248 g/mol. The minimum atomic E-state index is -1.08. The van der Waals surface area contributed by atoms with E-state index in [-0.39, 0.29) is 18.4 Å². The first kappa shape index (κ1) is 15.2. The Morgan fingerprint density at radius 1 is 1.42 bits per heavy atom. The summed E-state index contributed by atoms with van der Waals surface area (Å²) in [7, 11) is 0. The van der Waals surface area contributed by atoms with E-state index in [1.165, 1.54) is 13.8 Å². The largest absolute Gasteiger partial charge is 0.481 e. The highest BCUT2D eigenvalue weighted by molar-refractivity contribution is 5.84. The van der Waals surface area contributed by atoms with Crippen LogP contribution in [-0.4, -0.2) is 22.1 Å². The summed E-state index contributed by atoms with van der Waals surface area (Å²) < 4.78 is 5.04. The zero-order valence-corrected chi connectivity index (χ0v) is 11.9. The van der Waals surface area contributed by atoms with Gasteiger partial charge in [0, 0.05) is 12.0 Å². The molecule has 0 aliphatic heterocycles. The van der Waals surface area contributed by atoms with Gasteiger partial charge in [-0.15, -0.1) is 0 Å². The van der Waals surface area contributed by atoms with Crippen LogP contribution in [-0.2, 0) is 9.59 Å². The zero-order valence-electron chi connectivity index (χ0n) is 11.9. The summed E-state index contributed by atoms with van der Waals surface area (Å²) in [6.45, 7) is 8.44. The standard InChI is InChI=1S/C13H20N2O4/c1-7(11-8(2)15-19-9(11)3)14-10(16)6-13(4,5)12(17)18/h7H,6H2,1-5H3,(H,14,16)(H,17,18). The molecule has 1 rings (SSSR count). The third-order valence-electron chi connectivity index (χ3n) is 3.08. The molecule has 0 aromatic carbocycles. The van der Waals surface area contributed by atoms with Crippen LogP contribution in [0.15, 0.2) is 4.52 Å². The van der Waals surface area contributed by atoms with E-state index in [0.717, 1.165) is 11.3 Å². The summed E-state index contributed by atoms with van der Waals surface area (Å²) in [6.07, 6.45) is -0.0734. The molecule has 0 aliphatic carbocycles. The molecule has 6 heteroatoms. The van der Waals surface area contributed by atoms with Crippen molar-refractivity contribution in [3.63, 3.8) is 0 Å². The van der Waals surface area contributed by atoms with Gasteiger partial charge in [-0.3, -0.25) is 9.59 Å². The van der Waals surface area contributed by atoms with Crippen LogP contribution in [0.3, 0.4) is 0 Å². The van der Waals surface area contributed by atoms with Crippen LogP contribution in [0.4, 0.5) is 0 Å². The Hall–Kier alpha value is -1.85. The molecule has 0 radical (unpaired) electrons. The lowest BCUT2D eigenvalue weighted by Gasteiger charge is -2.20. The Bertz CT molecular complexity index is 471. The number of nitrogens with one attached hydrogen (secondary N) is 1. The summed E-state index contributed by atoms with van der Waals surface area (Å²) in [4.78, 5) is 22.8. The molecule has 19 heavy (non-hydrogen) atoms. The molecule has 0 saturated heterocycles. The van der Waals surface area contributed by atoms with Crippen LogP contribution in [0.2, 0.25) is 0 Å². The van der Waals surface area contributed by atoms with Crippen molar-refractivity contribution in [1.82, 2.24) is 10.5 Å². The van der Waals surface area contributed by atoms with Gasteiger partial charge < -0.3 is 14.9 Å². The maximum absolute atomic E-state index is 11.9. The van der Waals surface area contributed by atoms with E-state index in [0.29, 0.717) is 5.76 Å². The number of carbonyl (C=O) groups excluding carboxylic acids is 1. The first-order chi connectivity index (χ1) is 8.65. The van der Waals surface area contributed by atoms with Crippen molar-refractivity contribution >= 4 is 11.9 Å². The molecule has 1 heterocycles. The Morgan fingerprint density at radius 3 is 2.42 bits per heavy atom. The lowest BCUT2D eigenvalue weighted by Crippen LogP contribution is -2.34. The normalized spacial score (nSPS) is 13.1. The highest BCUT2D eigenvalue weighted by Crippen LogP contribution is 2.23. The van der Waals surface area contributed by atoms with Gasteiger partial charge in [0.05, 0.1) is 17.2 Å². The highest BCUT2D eigenvalue weighted by Gasteiger charge is 2.31. The van der Waals surface area contributed by atoms with Gasteiger partial charge in [-0.2, -0.15) is 0 Å². The van der Waals surface area contributed by atoms with Gasteiger partial charge in [0.2, 0.25) is 5.91 Å². The van der Waals surface area contributed by atoms with E-state index >= 15 is 0 Å². The smallest absolute Gasteiger partial charge is 0.309 e. The van der Waals surface area contributed by atoms with Crippen molar-refractivity contribution < 1.29 is 19.2 Å². The van der Waals surface area contributed by atoms with Crippen LogP contribution in [0.25, 0.3) is 0 Å². The van der Waals surface area contributed by atoms with Crippen molar-refractivity contribution in [2.45, 2.75) is 47.1 Å². The average Bonchev–Trinajstić information content (AvgIpc) is 2.56. The molecule has 0 fully saturated rings. The van der Waals surface area contributed by atoms with E-state index < -0.39 is 11.4 Å². The Morgan fingerprint density at radius 2 is 2.00 bits per heavy atom. The van der Waals surface area contributed by atoms with E-state index in [9.17, 15) is 9.59 Å². The van der Waals surface area contributed by atoms with Crippen LogP contribution in [0.5, 0.6) is 0 Å². The quantitative estimate of drug-likeness (QED) is 0.851. The van der Waals surface area contributed by atoms with Crippen molar-refractivity contribution in [2.75, 3.05) is 0 Å². The Balaban J connectivity index is 2.71. The topological polar surface area (TPSA) is 92.4 Å². The van der Waals surface area contributed by atoms with Gasteiger partial charge in [0.25, 0.3) is 0 Å². The predicted molar refractivity (Wildman–Crippen MR) is 68.6 cm³/mol. The van der Waals surface area contributed by atoms with Gasteiger partial charge in [0.1, 0.15) is 5.76 Å². The number of rotatable bonds is 5. The van der Waals surface area contributed by atoms with Crippen LogP contribution < -0.4 is 5.32 Å². The van der Waals surface area contributed by atoms with Crippen molar-refractivity contribution in [1.29, 1.82) is 0 Å². The minimum absolute atomic E-state index is 0.0734. The molecule has 0 spiro atoms. The minimum Gasteiger partial charge on any atom is -0.481 e. The SMILES string of the molecule is Cc1noc(C)c1C(C)NC(=O)CC(C)(C)C(=O)O. The van der Waals surface area contributed by atoms with Gasteiger partial charge in [0.15, 0.2) is 0 Å². The lowest BCUT2D eigenvalue weighted by atomic mass is 9.89. The first-order valence-corrected chi connectivity index (χ1v) is 6.10. The first-order valence-electron chi connectivity index (χ1n) is 6.10. The summed E-state index contributed by atoms with van der Waals surface area (Å²) in [5, 5.41) is 15.6. The van der Waals surface area contributed by atoms with Crippen molar-refractivity contribution in [2.24, 2.45) is 5.41 Å². The molecule has 1 aromatic rings. The summed E-state index contributed by atoms with van der Waals surface area (Å²) in [6, 6.07) is -0.261. The van der Waals surface area contributed by atoms with Crippen molar-refractivity contribution in [3.05, 3.63) is 17.0 Å². The number of aromatic nitrogens is 1. The monoisotopic (exact) mass is 268 g/mol. The zero-order chi connectivity index (χ0) is 14.8. The maximum Gasteiger partial charge on any atom is 0.309 e. The number of hydrogen-bond donors (Lipinski definition) is 2. The number of amides is 1. The fraction of sp³-hybridized carbons (Fsp3) is 0.615. The second-order valence-electron chi connectivity index (χ2n) is 5.39. The maximum atomic E-state index is 11.9. The summed E-state index contributed by atoms with van der Waals surface area (Å²) in [5.41, 5.74) is 0.479. The molecule has 2 N–H and O–H groups in total. The molecule has 0 aliphatic rings. The van der Waals surface area contributed by atoms with Crippen LogP contribution in [0.1, 0.15) is 50.3 Å². The molecule has 1 aromatic heterocycles. The number of carboxylic acids is 1. The van der Waals surface area contributed by atoms with Crippen LogP contribution in [0, 0.1) is 19.3 Å². The summed E-state index contributed by atoms with van der Waals surface area (Å²) in [5.74, 6) is -0.643. The molecule has 106 valence electrons. The number of carboxylic acid groups (broad SMARTS) is 1. The van der Waals surface area contributed by atoms with E-state index in [4.69, 9.17) is 9.63 Å². The third kappa shape index (κ3) is 3.56. The highest BCUT2D eigenvalue weighted by atomic mass is 16.5.